The van der Waals surface area contributed by atoms with Gasteiger partial charge in [0.05, 0.1) is 30.7 Å². The summed E-state index contributed by atoms with van der Waals surface area (Å²) in [5.41, 5.74) is -1.20. The molecule has 0 aromatic rings. The van der Waals surface area contributed by atoms with Crippen molar-refractivity contribution in [3.05, 3.63) is 0 Å². The van der Waals surface area contributed by atoms with Crippen LogP contribution < -0.4 is 0 Å². The van der Waals surface area contributed by atoms with Crippen molar-refractivity contribution >= 4 is 11.8 Å². The van der Waals surface area contributed by atoms with E-state index in [2.05, 4.69) is 0 Å². The summed E-state index contributed by atoms with van der Waals surface area (Å²) in [6.07, 6.45) is -12.7. The Morgan fingerprint density at radius 3 is 1.91 bits per heavy atom. The second-order valence-electron chi connectivity index (χ2n) is 5.49. The van der Waals surface area contributed by atoms with Gasteiger partial charge in [0, 0.05) is 0 Å². The van der Waals surface area contributed by atoms with E-state index < -0.39 is 73.0 Å². The van der Waals surface area contributed by atoms with Gasteiger partial charge < -0.3 is 45.2 Å². The van der Waals surface area contributed by atoms with E-state index in [1.54, 1.807) is 0 Å². The van der Waals surface area contributed by atoms with E-state index in [1.807, 2.05) is 0 Å². The van der Waals surface area contributed by atoms with Gasteiger partial charge in [-0.05, 0) is 0 Å². The molecule has 23 heavy (non-hydrogen) atoms. The molecule has 10 unspecified atom stereocenters. The summed E-state index contributed by atoms with van der Waals surface area (Å²) in [5.74, 6) is 0. The molecule has 0 radical (unpaired) electrons. The zero-order chi connectivity index (χ0) is 17.3. The van der Waals surface area contributed by atoms with Gasteiger partial charge in [0.1, 0.15) is 36.0 Å². The van der Waals surface area contributed by atoms with Gasteiger partial charge in [-0.2, -0.15) is 0 Å². The first kappa shape index (κ1) is 19.2. The first-order valence-corrected chi connectivity index (χ1v) is 7.98. The summed E-state index contributed by atoms with van der Waals surface area (Å²) in [4.78, 5) is 0. The number of aliphatic hydroxyl groups excluding tert-OH is 7. The fourth-order valence-electron chi connectivity index (χ4n) is 2.54. The highest BCUT2D eigenvalue weighted by Crippen LogP contribution is 2.37. The quantitative estimate of drug-likeness (QED) is 0.266. The molecule has 0 amide bonds. The van der Waals surface area contributed by atoms with Crippen LogP contribution in [0.25, 0.3) is 0 Å². The molecular weight excluding hydrogens is 339 g/mol. The standard InChI is InChI=1S/C12H21FO9S/c13-11-8(19)7(18)10(4(2-15)21-11)23-12-9(20)6(17)5(16)3(1-14)22-12/h3-12,14-20H,1-2H2. The van der Waals surface area contributed by atoms with Crippen LogP contribution in [0.1, 0.15) is 0 Å². The third kappa shape index (κ3) is 3.79. The summed E-state index contributed by atoms with van der Waals surface area (Å²) >= 11 is 0.705. The van der Waals surface area contributed by atoms with Gasteiger partial charge in [-0.3, -0.25) is 0 Å². The molecule has 10 atom stereocenters. The lowest BCUT2D eigenvalue weighted by atomic mass is 10.0. The molecule has 9 nitrogen and oxygen atoms in total. The molecule has 0 saturated carbocycles. The molecule has 0 aromatic heterocycles. The number of halogens is 1. The van der Waals surface area contributed by atoms with E-state index >= 15 is 0 Å². The van der Waals surface area contributed by atoms with Crippen molar-refractivity contribution in [1.82, 2.24) is 0 Å². The number of hydrogen-bond donors (Lipinski definition) is 7. The minimum atomic E-state index is -2.17. The van der Waals surface area contributed by atoms with Gasteiger partial charge in [0.25, 0.3) is 0 Å². The first-order chi connectivity index (χ1) is 10.8. The van der Waals surface area contributed by atoms with E-state index in [4.69, 9.17) is 14.6 Å². The molecule has 0 spiro atoms. The predicted molar refractivity (Wildman–Crippen MR) is 74.0 cm³/mol. The van der Waals surface area contributed by atoms with E-state index in [0.717, 1.165) is 0 Å². The Balaban J connectivity index is 2.11. The molecule has 7 N–H and O–H groups in total. The Labute approximate surface area is 135 Å². The third-order valence-corrected chi connectivity index (χ3v) is 5.50. The molecule has 136 valence electrons. The SMILES string of the molecule is OCC1OC(SC2C(CO)OC(F)C(O)C2O)C(O)C(O)C1O. The first-order valence-electron chi connectivity index (χ1n) is 7.04. The number of aliphatic hydroxyl groups is 7. The van der Waals surface area contributed by atoms with Gasteiger partial charge in [-0.15, -0.1) is 11.8 Å². The van der Waals surface area contributed by atoms with E-state index in [9.17, 15) is 35.0 Å². The number of ether oxygens (including phenoxy) is 2. The highest BCUT2D eigenvalue weighted by molar-refractivity contribution is 8.00. The Morgan fingerprint density at radius 1 is 0.739 bits per heavy atom. The largest absolute Gasteiger partial charge is 0.394 e. The lowest BCUT2D eigenvalue weighted by molar-refractivity contribution is -0.220. The fourth-order valence-corrected chi connectivity index (χ4v) is 4.03. The summed E-state index contributed by atoms with van der Waals surface area (Å²) in [7, 11) is 0. The van der Waals surface area contributed by atoms with Crippen molar-refractivity contribution in [2.24, 2.45) is 0 Å². The monoisotopic (exact) mass is 360 g/mol. The maximum absolute atomic E-state index is 13.4. The summed E-state index contributed by atoms with van der Waals surface area (Å²) in [6.45, 7) is -1.27. The van der Waals surface area contributed by atoms with Crippen molar-refractivity contribution < 1.29 is 49.6 Å². The van der Waals surface area contributed by atoms with Crippen LogP contribution in [0.3, 0.4) is 0 Å². The van der Waals surface area contributed by atoms with Crippen LogP contribution in [0.15, 0.2) is 0 Å². The highest BCUT2D eigenvalue weighted by Gasteiger charge is 2.50. The third-order valence-electron chi connectivity index (χ3n) is 3.95. The maximum Gasteiger partial charge on any atom is 0.228 e. The van der Waals surface area contributed by atoms with Gasteiger partial charge in [-0.1, -0.05) is 0 Å². The normalized spacial score (nSPS) is 51.7. The number of alkyl halides is 1. The molecule has 2 heterocycles. The van der Waals surface area contributed by atoms with Gasteiger partial charge in [0.2, 0.25) is 6.36 Å². The van der Waals surface area contributed by atoms with E-state index in [-0.39, 0.29) is 0 Å². The number of rotatable bonds is 4. The summed E-state index contributed by atoms with van der Waals surface area (Å²) in [6, 6.07) is 0. The van der Waals surface area contributed by atoms with Crippen molar-refractivity contribution in [3.8, 4) is 0 Å². The minimum absolute atomic E-state index is 0.621. The smallest absolute Gasteiger partial charge is 0.228 e. The molecule has 0 aromatic carbocycles. The molecule has 2 saturated heterocycles. The Morgan fingerprint density at radius 2 is 1.35 bits per heavy atom. The van der Waals surface area contributed by atoms with Crippen LogP contribution in [0.4, 0.5) is 4.39 Å². The number of hydrogen-bond acceptors (Lipinski definition) is 10. The second kappa shape index (κ2) is 7.87. The zero-order valence-electron chi connectivity index (χ0n) is 11.9. The van der Waals surface area contributed by atoms with Crippen LogP contribution in [0, 0.1) is 0 Å². The lowest BCUT2D eigenvalue weighted by Gasteiger charge is -2.44. The zero-order valence-corrected chi connectivity index (χ0v) is 12.7. The van der Waals surface area contributed by atoms with Gasteiger partial charge in [-0.25, -0.2) is 4.39 Å². The Kier molecular flexibility index (Phi) is 6.58. The van der Waals surface area contributed by atoms with Crippen molar-refractivity contribution in [2.45, 2.75) is 59.8 Å². The summed E-state index contributed by atoms with van der Waals surface area (Å²) in [5, 5.41) is 66.2. The molecule has 2 aliphatic rings. The van der Waals surface area contributed by atoms with Gasteiger partial charge in [0.15, 0.2) is 0 Å². The van der Waals surface area contributed by atoms with Crippen molar-refractivity contribution in [1.29, 1.82) is 0 Å². The number of thioether (sulfide) groups is 1. The molecular formula is C12H21FO9S. The van der Waals surface area contributed by atoms with Crippen molar-refractivity contribution in [2.75, 3.05) is 13.2 Å². The molecule has 0 aliphatic carbocycles. The van der Waals surface area contributed by atoms with Crippen LogP contribution in [0.5, 0.6) is 0 Å². The minimum Gasteiger partial charge on any atom is -0.394 e. The molecule has 11 heteroatoms. The average Bonchev–Trinajstić information content (AvgIpc) is 2.55. The average molecular weight is 360 g/mol. The maximum atomic E-state index is 13.4. The fraction of sp³-hybridized carbons (Fsp3) is 1.00. The molecule has 2 fully saturated rings. The van der Waals surface area contributed by atoms with E-state index in [1.165, 1.54) is 0 Å². The summed E-state index contributed by atoms with van der Waals surface area (Å²) < 4.78 is 23.4. The molecule has 0 bridgehead atoms. The van der Waals surface area contributed by atoms with Crippen LogP contribution in [-0.4, -0.2) is 109 Å². The topological polar surface area (TPSA) is 160 Å². The lowest BCUT2D eigenvalue weighted by Crippen LogP contribution is -2.60. The van der Waals surface area contributed by atoms with Crippen molar-refractivity contribution in [3.63, 3.8) is 0 Å². The van der Waals surface area contributed by atoms with Crippen LogP contribution in [0.2, 0.25) is 0 Å². The molecule has 2 aliphatic heterocycles. The highest BCUT2D eigenvalue weighted by atomic mass is 32.2. The van der Waals surface area contributed by atoms with Crippen LogP contribution in [-0.2, 0) is 9.47 Å². The predicted octanol–water partition coefficient (Wildman–Crippen LogP) is -3.70. The van der Waals surface area contributed by atoms with E-state index in [0.29, 0.717) is 11.8 Å². The van der Waals surface area contributed by atoms with Gasteiger partial charge >= 0.3 is 0 Å². The van der Waals surface area contributed by atoms with Crippen LogP contribution >= 0.6 is 11.8 Å². The Hall–Kier alpha value is -0.0800. The Bertz CT molecular complexity index is 388. The second-order valence-corrected chi connectivity index (χ2v) is 6.77. The molecule has 2 rings (SSSR count).